The van der Waals surface area contributed by atoms with Crippen LogP contribution in [0.4, 0.5) is 4.39 Å². The molecule has 0 spiro atoms. The quantitative estimate of drug-likeness (QED) is 0.401. The van der Waals surface area contributed by atoms with Gasteiger partial charge in [-0.3, -0.25) is 9.78 Å². The second kappa shape index (κ2) is 9.03. The lowest BCUT2D eigenvalue weighted by Crippen LogP contribution is -2.10. The summed E-state index contributed by atoms with van der Waals surface area (Å²) < 4.78 is 20.0. The molecule has 0 amide bonds. The van der Waals surface area contributed by atoms with Crippen LogP contribution in [0.3, 0.4) is 0 Å². The number of aromatic nitrogens is 1. The van der Waals surface area contributed by atoms with Crippen molar-refractivity contribution in [3.8, 4) is 16.9 Å². The molecule has 5 nitrogen and oxygen atoms in total. The first-order chi connectivity index (χ1) is 16.0. The fourth-order valence-electron chi connectivity index (χ4n) is 4.34. The van der Waals surface area contributed by atoms with Crippen molar-refractivity contribution in [3.05, 3.63) is 71.2 Å². The number of fused-ring (bicyclic) bond motifs is 1. The third-order valence-corrected chi connectivity index (χ3v) is 5.60. The van der Waals surface area contributed by atoms with Gasteiger partial charge in [-0.15, -0.1) is 0 Å². The molecular formula is C28H28FNO4. The highest BCUT2D eigenvalue weighted by atomic mass is 19.1. The number of carboxylic acids is 1. The van der Waals surface area contributed by atoms with Crippen LogP contribution in [0.1, 0.15) is 37.5 Å². The zero-order valence-electron chi connectivity index (χ0n) is 19.8. The lowest BCUT2D eigenvalue weighted by Gasteiger charge is -2.21. The molecule has 3 aromatic carbocycles. The predicted octanol–water partition coefficient (Wildman–Crippen LogP) is 5.84. The third kappa shape index (κ3) is 4.87. The van der Waals surface area contributed by atoms with Gasteiger partial charge in [0, 0.05) is 23.6 Å². The van der Waals surface area contributed by atoms with Crippen LogP contribution in [0.5, 0.6) is 5.75 Å². The van der Waals surface area contributed by atoms with Gasteiger partial charge in [0.25, 0.3) is 0 Å². The first kappa shape index (κ1) is 23.6. The van der Waals surface area contributed by atoms with E-state index in [-0.39, 0.29) is 12.2 Å². The number of nitrogens with zero attached hydrogens (tertiary/aromatic N) is 1. The molecule has 0 unspecified atom stereocenters. The van der Waals surface area contributed by atoms with Crippen LogP contribution in [0.15, 0.2) is 48.7 Å². The molecule has 4 aromatic rings. The molecule has 1 aliphatic heterocycles. The fraction of sp³-hybridized carbons (Fsp3) is 0.286. The summed E-state index contributed by atoms with van der Waals surface area (Å²) in [6, 6.07) is 12.3. The van der Waals surface area contributed by atoms with E-state index in [0.29, 0.717) is 17.6 Å². The summed E-state index contributed by atoms with van der Waals surface area (Å²) in [6.45, 7) is 7.74. The number of carbonyl (C=O) groups is 1. The van der Waals surface area contributed by atoms with E-state index in [4.69, 9.17) is 9.84 Å². The number of carboxylic acid groups (broad SMARTS) is 1. The maximum atomic E-state index is 14.2. The van der Waals surface area contributed by atoms with Crippen molar-refractivity contribution in [1.29, 1.82) is 0 Å². The maximum Gasteiger partial charge on any atom is 0.307 e. The van der Waals surface area contributed by atoms with Crippen molar-refractivity contribution in [2.24, 2.45) is 0 Å². The van der Waals surface area contributed by atoms with Crippen molar-refractivity contribution >= 4 is 27.6 Å². The van der Waals surface area contributed by atoms with Gasteiger partial charge in [-0.1, -0.05) is 12.1 Å². The largest absolute Gasteiger partial charge is 0.493 e. The Morgan fingerprint density at radius 1 is 1.15 bits per heavy atom. The van der Waals surface area contributed by atoms with Gasteiger partial charge in [-0.25, -0.2) is 4.39 Å². The van der Waals surface area contributed by atoms with Crippen LogP contribution in [0.2, 0.25) is 0 Å². The van der Waals surface area contributed by atoms with Crippen LogP contribution in [0, 0.1) is 12.7 Å². The molecule has 0 aliphatic carbocycles. The fourth-order valence-corrected chi connectivity index (χ4v) is 4.34. The molecule has 6 heteroatoms. The monoisotopic (exact) mass is 461 g/mol. The van der Waals surface area contributed by atoms with Gasteiger partial charge in [0.2, 0.25) is 0 Å². The van der Waals surface area contributed by atoms with E-state index in [1.54, 1.807) is 33.0 Å². The maximum absolute atomic E-state index is 14.2. The average Bonchev–Trinajstić information content (AvgIpc) is 2.74. The lowest BCUT2D eigenvalue weighted by atomic mass is 9.86. The second-order valence-electron chi connectivity index (χ2n) is 9.56. The topological polar surface area (TPSA) is 79.7 Å². The number of pyridine rings is 1. The van der Waals surface area contributed by atoms with Crippen LogP contribution in [0.25, 0.3) is 32.8 Å². The summed E-state index contributed by atoms with van der Waals surface area (Å²) >= 11 is 0. The molecule has 176 valence electrons. The molecule has 0 atom stereocenters. The third-order valence-electron chi connectivity index (χ3n) is 5.60. The van der Waals surface area contributed by atoms with Gasteiger partial charge < -0.3 is 14.9 Å². The first-order valence-electron chi connectivity index (χ1n) is 11.2. The minimum Gasteiger partial charge on any atom is -0.493 e. The van der Waals surface area contributed by atoms with Gasteiger partial charge in [0.05, 0.1) is 24.1 Å². The Kier molecular flexibility index (Phi) is 6.28. The number of aliphatic hydroxyl groups is 1. The Hall–Kier alpha value is -3.51. The first-order valence-corrected chi connectivity index (χ1v) is 11.2. The molecule has 0 saturated carbocycles. The normalized spacial score (nSPS) is 12.8. The van der Waals surface area contributed by atoms with Crippen LogP contribution in [-0.2, 0) is 17.6 Å². The molecule has 2 heterocycles. The Bertz CT molecular complexity index is 1390. The summed E-state index contributed by atoms with van der Waals surface area (Å²) in [5.41, 5.74) is 4.46. The van der Waals surface area contributed by atoms with E-state index in [1.165, 1.54) is 12.1 Å². The molecular weight excluding hydrogens is 433 g/mol. The van der Waals surface area contributed by atoms with E-state index in [0.717, 1.165) is 50.7 Å². The number of rotatable bonds is 3. The van der Waals surface area contributed by atoms with E-state index < -0.39 is 11.6 Å². The average molecular weight is 462 g/mol. The molecule has 5 rings (SSSR count). The molecule has 0 radical (unpaired) electrons. The van der Waals surface area contributed by atoms with Crippen molar-refractivity contribution < 1.29 is 24.1 Å². The van der Waals surface area contributed by atoms with Crippen molar-refractivity contribution in [3.63, 3.8) is 0 Å². The predicted molar refractivity (Wildman–Crippen MR) is 132 cm³/mol. The smallest absolute Gasteiger partial charge is 0.307 e. The number of ether oxygens (including phenoxy) is 1. The summed E-state index contributed by atoms with van der Waals surface area (Å²) in [4.78, 5) is 16.2. The van der Waals surface area contributed by atoms with Gasteiger partial charge in [0.15, 0.2) is 0 Å². The van der Waals surface area contributed by atoms with Crippen LogP contribution in [-0.4, -0.2) is 33.4 Å². The summed E-state index contributed by atoms with van der Waals surface area (Å²) in [7, 11) is 0. The number of halogens is 1. The minimum absolute atomic E-state index is 0.146. The van der Waals surface area contributed by atoms with E-state index in [1.807, 2.05) is 31.2 Å². The molecule has 2 N–H and O–H groups in total. The van der Waals surface area contributed by atoms with Crippen molar-refractivity contribution in [2.45, 2.75) is 46.1 Å². The molecule has 0 bridgehead atoms. The van der Waals surface area contributed by atoms with Crippen molar-refractivity contribution in [2.75, 3.05) is 6.61 Å². The van der Waals surface area contributed by atoms with E-state index in [9.17, 15) is 14.3 Å². The van der Waals surface area contributed by atoms with Gasteiger partial charge in [-0.05, 0) is 91.1 Å². The number of hydrogen-bond acceptors (Lipinski definition) is 4. The van der Waals surface area contributed by atoms with Crippen molar-refractivity contribution in [1.82, 2.24) is 4.98 Å². The Morgan fingerprint density at radius 3 is 2.59 bits per heavy atom. The summed E-state index contributed by atoms with van der Waals surface area (Å²) in [5, 5.41) is 20.5. The molecule has 1 aliphatic rings. The summed E-state index contributed by atoms with van der Waals surface area (Å²) in [5.74, 6) is -0.506. The highest BCUT2D eigenvalue weighted by Crippen LogP contribution is 2.42. The Labute approximate surface area is 197 Å². The number of benzene rings is 3. The number of aliphatic carboxylic acids is 1. The highest BCUT2D eigenvalue weighted by Gasteiger charge is 2.22. The lowest BCUT2D eigenvalue weighted by molar-refractivity contribution is -0.136. The Balaban J connectivity index is 0.000000499. The Morgan fingerprint density at radius 2 is 1.88 bits per heavy atom. The van der Waals surface area contributed by atoms with Crippen LogP contribution >= 0.6 is 0 Å². The standard InChI is InChI=1S/C24H18FNO3.C4H10O/c1-13-10-15-2-3-16(25)11-19(15)23(18(13)12-21(27)28)17-4-5-20-22-14(7-9-29-20)6-8-26-24(17)22;1-4(2,3)5/h2-6,8,10-11H,7,9,12H2,1H3,(H,27,28);5H,1-3H3. The number of aryl methyl sites for hydroxylation is 1. The molecule has 34 heavy (non-hydrogen) atoms. The minimum atomic E-state index is -0.927. The van der Waals surface area contributed by atoms with E-state index >= 15 is 0 Å². The molecule has 1 aromatic heterocycles. The van der Waals surface area contributed by atoms with Gasteiger partial charge in [-0.2, -0.15) is 0 Å². The molecule has 0 fully saturated rings. The number of hydrogen-bond donors (Lipinski definition) is 2. The molecule has 0 saturated heterocycles. The van der Waals surface area contributed by atoms with Crippen LogP contribution < -0.4 is 4.74 Å². The van der Waals surface area contributed by atoms with Gasteiger partial charge >= 0.3 is 5.97 Å². The zero-order valence-corrected chi connectivity index (χ0v) is 19.8. The van der Waals surface area contributed by atoms with E-state index in [2.05, 4.69) is 4.98 Å². The van der Waals surface area contributed by atoms with Gasteiger partial charge in [0.1, 0.15) is 11.6 Å². The summed E-state index contributed by atoms with van der Waals surface area (Å²) in [6.07, 6.45) is 2.42. The zero-order chi connectivity index (χ0) is 24.6. The highest BCUT2D eigenvalue weighted by molar-refractivity contribution is 6.08. The SMILES string of the molecule is CC(C)(C)O.Cc1cc2ccc(F)cc2c(-c2ccc3c4c(ccnc24)CCO3)c1CC(=O)O. The second-order valence-corrected chi connectivity index (χ2v) is 9.56.